The van der Waals surface area contributed by atoms with Gasteiger partial charge in [-0.2, -0.15) is 0 Å². The maximum atomic E-state index is 10.3. The zero-order valence-electron chi connectivity index (χ0n) is 12.8. The van der Waals surface area contributed by atoms with Crippen molar-refractivity contribution in [3.63, 3.8) is 0 Å². The molecule has 0 saturated carbocycles. The summed E-state index contributed by atoms with van der Waals surface area (Å²) in [5, 5.41) is 19.9. The lowest BCUT2D eigenvalue weighted by Crippen LogP contribution is -2.03. The van der Waals surface area contributed by atoms with Crippen molar-refractivity contribution in [2.75, 3.05) is 0 Å². The zero-order chi connectivity index (χ0) is 16.5. The van der Waals surface area contributed by atoms with Gasteiger partial charge in [0.15, 0.2) is 5.65 Å². The molecule has 24 heavy (non-hydrogen) atoms. The van der Waals surface area contributed by atoms with Gasteiger partial charge in [0.25, 0.3) is 0 Å². The summed E-state index contributed by atoms with van der Waals surface area (Å²) in [6, 6.07) is 17.9. The van der Waals surface area contributed by atoms with Gasteiger partial charge in [-0.3, -0.25) is 4.57 Å². The van der Waals surface area contributed by atoms with E-state index in [-0.39, 0.29) is 11.5 Å². The van der Waals surface area contributed by atoms with Crippen molar-refractivity contribution in [3.8, 4) is 17.2 Å². The van der Waals surface area contributed by atoms with Gasteiger partial charge in [0.2, 0.25) is 0 Å². The number of fused-ring (bicyclic) bond motifs is 1. The summed E-state index contributed by atoms with van der Waals surface area (Å²) < 4.78 is 1.86. The van der Waals surface area contributed by atoms with Gasteiger partial charge >= 0.3 is 0 Å². The monoisotopic (exact) mass is 317 g/mol. The molecule has 0 saturated heterocycles. The molecule has 2 N–H and O–H groups in total. The van der Waals surface area contributed by atoms with Gasteiger partial charge in [-0.1, -0.05) is 24.3 Å². The number of para-hydroxylation sites is 2. The van der Waals surface area contributed by atoms with Crippen LogP contribution >= 0.6 is 0 Å². The Hall–Kier alpha value is -3.34. The molecular formula is C19H15N3O2. The molecule has 4 rings (SSSR count). The average Bonchev–Trinajstić information content (AvgIpc) is 2.93. The third kappa shape index (κ3) is 2.46. The van der Waals surface area contributed by atoms with Crippen molar-refractivity contribution >= 4 is 11.2 Å². The van der Waals surface area contributed by atoms with Crippen LogP contribution in [0.4, 0.5) is 0 Å². The predicted molar refractivity (Wildman–Crippen MR) is 91.4 cm³/mol. The van der Waals surface area contributed by atoms with Gasteiger partial charge in [0.1, 0.15) is 22.8 Å². The Morgan fingerprint density at radius 3 is 2.62 bits per heavy atom. The van der Waals surface area contributed by atoms with E-state index in [2.05, 4.69) is 9.97 Å². The third-order valence-corrected chi connectivity index (χ3v) is 3.88. The molecule has 0 amide bonds. The summed E-state index contributed by atoms with van der Waals surface area (Å²) >= 11 is 0. The molecule has 0 unspecified atom stereocenters. The maximum absolute atomic E-state index is 10.3. The number of aromatic nitrogens is 3. The number of phenols is 2. The molecule has 5 heteroatoms. The first-order valence-corrected chi connectivity index (χ1v) is 7.61. The Bertz CT molecular complexity index is 1020. The van der Waals surface area contributed by atoms with Gasteiger partial charge in [-0.05, 0) is 42.0 Å². The number of pyridine rings is 1. The van der Waals surface area contributed by atoms with Crippen molar-refractivity contribution in [1.29, 1.82) is 0 Å². The highest BCUT2D eigenvalue weighted by Gasteiger charge is 2.16. The highest BCUT2D eigenvalue weighted by Crippen LogP contribution is 2.28. The first kappa shape index (κ1) is 14.3. The van der Waals surface area contributed by atoms with E-state index in [0.717, 1.165) is 16.9 Å². The number of phenolic OH excluding ortho intramolecular Hbond substituents is 2. The molecule has 118 valence electrons. The van der Waals surface area contributed by atoms with Crippen LogP contribution in [0.3, 0.4) is 0 Å². The quantitative estimate of drug-likeness (QED) is 0.607. The first-order chi connectivity index (χ1) is 11.7. The van der Waals surface area contributed by atoms with Crippen LogP contribution in [0.25, 0.3) is 16.9 Å². The van der Waals surface area contributed by atoms with Crippen LogP contribution in [-0.4, -0.2) is 24.7 Å². The minimum atomic E-state index is 0.166. The van der Waals surface area contributed by atoms with E-state index in [0.29, 0.717) is 17.8 Å². The second-order valence-electron chi connectivity index (χ2n) is 5.54. The zero-order valence-corrected chi connectivity index (χ0v) is 12.8. The molecule has 0 aliphatic heterocycles. The van der Waals surface area contributed by atoms with Crippen LogP contribution in [0.5, 0.6) is 11.5 Å². The fourth-order valence-electron chi connectivity index (χ4n) is 2.83. The molecule has 0 atom stereocenters. The van der Waals surface area contributed by atoms with Crippen LogP contribution < -0.4 is 0 Å². The fraction of sp³-hybridized carbons (Fsp3) is 0.0526. The maximum Gasteiger partial charge on any atom is 0.164 e. The Balaban J connectivity index is 1.92. The van der Waals surface area contributed by atoms with Crippen molar-refractivity contribution in [1.82, 2.24) is 14.5 Å². The smallest absolute Gasteiger partial charge is 0.164 e. The summed E-state index contributed by atoms with van der Waals surface area (Å²) in [6.07, 6.45) is 2.22. The Morgan fingerprint density at radius 1 is 0.917 bits per heavy atom. The number of hydrogen-bond donors (Lipinski definition) is 2. The summed E-state index contributed by atoms with van der Waals surface area (Å²) in [5.74, 6) is 1.13. The van der Waals surface area contributed by atoms with Gasteiger partial charge in [-0.15, -0.1) is 0 Å². The van der Waals surface area contributed by atoms with Gasteiger partial charge in [-0.25, -0.2) is 9.97 Å². The highest BCUT2D eigenvalue weighted by atomic mass is 16.3. The standard InChI is InChI=1S/C19H15N3O2/c23-14-6-3-5-13(11-14)12-18-21-15-7-4-10-20-19(15)22(18)16-8-1-2-9-17(16)24/h1-11,23-24H,12H2. The fourth-order valence-corrected chi connectivity index (χ4v) is 2.83. The Morgan fingerprint density at radius 2 is 1.79 bits per heavy atom. The van der Waals surface area contributed by atoms with Gasteiger partial charge < -0.3 is 10.2 Å². The molecule has 0 fully saturated rings. The minimum absolute atomic E-state index is 0.166. The SMILES string of the molecule is Oc1cccc(Cc2nc3cccnc3n2-c2ccccc2O)c1. The average molecular weight is 317 g/mol. The van der Waals surface area contributed by atoms with E-state index < -0.39 is 0 Å². The summed E-state index contributed by atoms with van der Waals surface area (Å²) in [4.78, 5) is 9.08. The normalized spacial score (nSPS) is 11.0. The van der Waals surface area contributed by atoms with Crippen LogP contribution in [0.2, 0.25) is 0 Å². The van der Waals surface area contributed by atoms with Crippen LogP contribution in [0.1, 0.15) is 11.4 Å². The number of rotatable bonds is 3. The topological polar surface area (TPSA) is 71.2 Å². The van der Waals surface area contributed by atoms with Crippen molar-refractivity contribution in [3.05, 3.63) is 78.2 Å². The number of imidazole rings is 1. The van der Waals surface area contributed by atoms with E-state index in [1.807, 2.05) is 34.9 Å². The van der Waals surface area contributed by atoms with E-state index in [4.69, 9.17) is 0 Å². The molecule has 0 bridgehead atoms. The number of nitrogens with zero attached hydrogens (tertiary/aromatic N) is 3. The molecule has 2 aromatic heterocycles. The van der Waals surface area contributed by atoms with Crippen LogP contribution in [0.15, 0.2) is 66.9 Å². The predicted octanol–water partition coefficient (Wildman–Crippen LogP) is 3.42. The van der Waals surface area contributed by atoms with Crippen molar-refractivity contribution < 1.29 is 10.2 Å². The molecule has 0 radical (unpaired) electrons. The van der Waals surface area contributed by atoms with E-state index >= 15 is 0 Å². The molecule has 2 heterocycles. The molecule has 0 aliphatic carbocycles. The van der Waals surface area contributed by atoms with Gasteiger partial charge in [0, 0.05) is 12.6 Å². The van der Waals surface area contributed by atoms with Crippen molar-refractivity contribution in [2.24, 2.45) is 0 Å². The summed E-state index contributed by atoms with van der Waals surface area (Å²) in [5.41, 5.74) is 3.01. The largest absolute Gasteiger partial charge is 0.508 e. The van der Waals surface area contributed by atoms with Gasteiger partial charge in [0.05, 0.1) is 5.69 Å². The van der Waals surface area contributed by atoms with Crippen LogP contribution in [0, 0.1) is 0 Å². The Labute approximate surface area is 138 Å². The molecular weight excluding hydrogens is 302 g/mol. The third-order valence-electron chi connectivity index (χ3n) is 3.88. The van der Waals surface area contributed by atoms with E-state index in [9.17, 15) is 10.2 Å². The lowest BCUT2D eigenvalue weighted by Gasteiger charge is -2.10. The van der Waals surface area contributed by atoms with Crippen molar-refractivity contribution in [2.45, 2.75) is 6.42 Å². The summed E-state index contributed by atoms with van der Waals surface area (Å²) in [7, 11) is 0. The van der Waals surface area contributed by atoms with E-state index in [1.54, 1.807) is 36.5 Å². The second-order valence-corrected chi connectivity index (χ2v) is 5.54. The first-order valence-electron chi connectivity index (χ1n) is 7.61. The second kappa shape index (κ2) is 5.70. The summed E-state index contributed by atoms with van der Waals surface area (Å²) in [6.45, 7) is 0. The van der Waals surface area contributed by atoms with Crippen LogP contribution in [-0.2, 0) is 6.42 Å². The molecule has 0 spiro atoms. The Kier molecular flexibility index (Phi) is 3.39. The number of hydrogen-bond acceptors (Lipinski definition) is 4. The lowest BCUT2D eigenvalue weighted by molar-refractivity contribution is 0.471. The number of benzene rings is 2. The molecule has 5 nitrogen and oxygen atoms in total. The number of aromatic hydroxyl groups is 2. The minimum Gasteiger partial charge on any atom is -0.508 e. The molecule has 2 aromatic carbocycles. The molecule has 0 aliphatic rings. The lowest BCUT2D eigenvalue weighted by atomic mass is 10.1. The van der Waals surface area contributed by atoms with E-state index in [1.165, 1.54) is 0 Å². The highest BCUT2D eigenvalue weighted by molar-refractivity contribution is 5.74. The molecule has 4 aromatic rings.